The van der Waals surface area contributed by atoms with Gasteiger partial charge in [0.2, 0.25) is 5.91 Å². The molecule has 5 nitrogen and oxygen atoms in total. The Balaban J connectivity index is 1.92. The molecule has 1 aromatic carbocycles. The maximum absolute atomic E-state index is 11.9. The van der Waals surface area contributed by atoms with Gasteiger partial charge in [0.25, 0.3) is 0 Å². The zero-order valence-electron chi connectivity index (χ0n) is 11.3. The summed E-state index contributed by atoms with van der Waals surface area (Å²) in [5, 5.41) is 5.56. The molecule has 0 atom stereocenters. The molecule has 0 radical (unpaired) electrons. The molecule has 3 amide bonds. The lowest BCUT2D eigenvalue weighted by molar-refractivity contribution is -0.123. The molecule has 102 valence electrons. The minimum Gasteiger partial charge on any atom is -0.353 e. The fraction of sp³-hybridized carbons (Fsp3) is 0.429. The van der Waals surface area contributed by atoms with Gasteiger partial charge >= 0.3 is 6.03 Å². The highest BCUT2D eigenvalue weighted by Crippen LogP contribution is 2.10. The van der Waals surface area contributed by atoms with Crippen molar-refractivity contribution in [1.29, 1.82) is 0 Å². The summed E-state index contributed by atoms with van der Waals surface area (Å²) in [5.74, 6) is -0.104. The minimum atomic E-state index is -0.184. The monoisotopic (exact) mass is 261 g/mol. The zero-order valence-corrected chi connectivity index (χ0v) is 11.3. The Morgan fingerprint density at radius 1 is 1.42 bits per heavy atom. The van der Waals surface area contributed by atoms with Crippen LogP contribution in [0.5, 0.6) is 0 Å². The molecule has 1 fully saturated rings. The number of urea groups is 1. The van der Waals surface area contributed by atoms with E-state index in [2.05, 4.69) is 22.8 Å². The summed E-state index contributed by atoms with van der Waals surface area (Å²) in [6.07, 6.45) is 0. The average molecular weight is 261 g/mol. The van der Waals surface area contributed by atoms with Gasteiger partial charge in [-0.3, -0.25) is 4.79 Å². The lowest BCUT2D eigenvalue weighted by atomic mass is 10.1. The number of hydrogen-bond donors (Lipinski definition) is 2. The maximum atomic E-state index is 11.9. The SMILES string of the molecule is Cc1ccc(C)c(CNC(=O)N2CCNC(=O)C2)c1. The van der Waals surface area contributed by atoms with E-state index < -0.39 is 0 Å². The lowest BCUT2D eigenvalue weighted by Gasteiger charge is -2.26. The molecule has 1 aliphatic rings. The summed E-state index contributed by atoms with van der Waals surface area (Å²) < 4.78 is 0. The van der Waals surface area contributed by atoms with Crippen LogP contribution in [0.4, 0.5) is 4.79 Å². The lowest BCUT2D eigenvalue weighted by Crippen LogP contribution is -2.52. The Bertz CT molecular complexity index is 499. The topological polar surface area (TPSA) is 61.4 Å². The van der Waals surface area contributed by atoms with Crippen molar-refractivity contribution in [3.05, 3.63) is 34.9 Å². The summed E-state index contributed by atoms with van der Waals surface area (Å²) in [6, 6.07) is 5.98. The van der Waals surface area contributed by atoms with Crippen LogP contribution in [0.1, 0.15) is 16.7 Å². The number of aryl methyl sites for hydroxylation is 2. The van der Waals surface area contributed by atoms with Crippen molar-refractivity contribution >= 4 is 11.9 Å². The molecule has 0 saturated carbocycles. The largest absolute Gasteiger partial charge is 0.353 e. The van der Waals surface area contributed by atoms with Gasteiger partial charge in [-0.2, -0.15) is 0 Å². The van der Waals surface area contributed by atoms with Crippen molar-refractivity contribution in [2.45, 2.75) is 20.4 Å². The molecule has 0 unspecified atom stereocenters. The van der Waals surface area contributed by atoms with Crippen LogP contribution in [0.2, 0.25) is 0 Å². The first-order valence-electron chi connectivity index (χ1n) is 6.42. The first-order valence-corrected chi connectivity index (χ1v) is 6.42. The fourth-order valence-electron chi connectivity index (χ4n) is 2.09. The van der Waals surface area contributed by atoms with E-state index in [9.17, 15) is 9.59 Å². The molecule has 1 aliphatic heterocycles. The number of rotatable bonds is 2. The van der Waals surface area contributed by atoms with Crippen molar-refractivity contribution in [2.24, 2.45) is 0 Å². The van der Waals surface area contributed by atoms with Gasteiger partial charge in [-0.05, 0) is 25.0 Å². The van der Waals surface area contributed by atoms with Crippen molar-refractivity contribution < 1.29 is 9.59 Å². The number of piperazine rings is 1. The van der Waals surface area contributed by atoms with Crippen LogP contribution in [0, 0.1) is 13.8 Å². The normalized spacial score (nSPS) is 15.1. The number of carbonyl (C=O) groups excluding carboxylic acids is 2. The molecule has 0 aliphatic carbocycles. The van der Waals surface area contributed by atoms with E-state index in [1.54, 1.807) is 0 Å². The predicted octanol–water partition coefficient (Wildman–Crippen LogP) is 0.945. The molecule has 1 heterocycles. The Hall–Kier alpha value is -2.04. The van der Waals surface area contributed by atoms with E-state index in [1.165, 1.54) is 10.5 Å². The molecule has 1 aromatic rings. The fourth-order valence-corrected chi connectivity index (χ4v) is 2.09. The molecular weight excluding hydrogens is 242 g/mol. The number of amides is 3. The summed E-state index contributed by atoms with van der Waals surface area (Å²) in [7, 11) is 0. The summed E-state index contributed by atoms with van der Waals surface area (Å²) in [6.45, 7) is 5.76. The Kier molecular flexibility index (Phi) is 4.04. The minimum absolute atomic E-state index is 0.104. The standard InChI is InChI=1S/C14H19N3O2/c1-10-3-4-11(2)12(7-10)8-16-14(19)17-6-5-15-13(18)9-17/h3-4,7H,5-6,8-9H2,1-2H3,(H,15,18)(H,16,19). The van der Waals surface area contributed by atoms with E-state index in [-0.39, 0.29) is 18.5 Å². The van der Waals surface area contributed by atoms with Gasteiger partial charge < -0.3 is 15.5 Å². The van der Waals surface area contributed by atoms with Gasteiger partial charge in [0.15, 0.2) is 0 Å². The highest BCUT2D eigenvalue weighted by atomic mass is 16.2. The van der Waals surface area contributed by atoms with Crippen molar-refractivity contribution in [2.75, 3.05) is 19.6 Å². The second-order valence-electron chi connectivity index (χ2n) is 4.86. The molecule has 19 heavy (non-hydrogen) atoms. The van der Waals surface area contributed by atoms with Crippen molar-refractivity contribution in [3.63, 3.8) is 0 Å². The predicted molar refractivity (Wildman–Crippen MR) is 72.7 cm³/mol. The Morgan fingerprint density at radius 2 is 2.21 bits per heavy atom. The van der Waals surface area contributed by atoms with E-state index in [1.807, 2.05) is 19.9 Å². The van der Waals surface area contributed by atoms with Gasteiger partial charge in [0, 0.05) is 19.6 Å². The molecule has 0 aromatic heterocycles. The van der Waals surface area contributed by atoms with Gasteiger partial charge in [-0.1, -0.05) is 23.8 Å². The van der Waals surface area contributed by atoms with E-state index >= 15 is 0 Å². The second-order valence-corrected chi connectivity index (χ2v) is 4.86. The first kappa shape index (κ1) is 13.4. The molecule has 5 heteroatoms. The zero-order chi connectivity index (χ0) is 13.8. The van der Waals surface area contributed by atoms with Crippen LogP contribution in [0.3, 0.4) is 0 Å². The third kappa shape index (κ3) is 3.47. The number of nitrogens with one attached hydrogen (secondary N) is 2. The first-order chi connectivity index (χ1) is 9.06. The third-order valence-corrected chi connectivity index (χ3v) is 3.26. The van der Waals surface area contributed by atoms with Gasteiger partial charge in [0.1, 0.15) is 6.54 Å². The summed E-state index contributed by atoms with van der Waals surface area (Å²) in [4.78, 5) is 24.7. The molecule has 1 saturated heterocycles. The van der Waals surface area contributed by atoms with Gasteiger partial charge in [0.05, 0.1) is 0 Å². The second kappa shape index (κ2) is 5.73. The molecule has 2 rings (SSSR count). The molecule has 2 N–H and O–H groups in total. The van der Waals surface area contributed by atoms with Crippen LogP contribution in [0.25, 0.3) is 0 Å². The quantitative estimate of drug-likeness (QED) is 0.832. The van der Waals surface area contributed by atoms with Crippen LogP contribution in [-0.4, -0.2) is 36.5 Å². The van der Waals surface area contributed by atoms with E-state index in [0.717, 1.165) is 11.1 Å². The maximum Gasteiger partial charge on any atom is 0.318 e. The van der Waals surface area contributed by atoms with Crippen molar-refractivity contribution in [1.82, 2.24) is 15.5 Å². The number of carbonyl (C=O) groups is 2. The highest BCUT2D eigenvalue weighted by molar-refractivity contribution is 5.85. The number of nitrogens with zero attached hydrogens (tertiary/aromatic N) is 1. The Morgan fingerprint density at radius 3 is 2.95 bits per heavy atom. The van der Waals surface area contributed by atoms with Crippen LogP contribution < -0.4 is 10.6 Å². The molecule has 0 spiro atoms. The Labute approximate surface area is 113 Å². The highest BCUT2D eigenvalue weighted by Gasteiger charge is 2.20. The van der Waals surface area contributed by atoms with Crippen LogP contribution in [-0.2, 0) is 11.3 Å². The van der Waals surface area contributed by atoms with Gasteiger partial charge in [-0.15, -0.1) is 0 Å². The van der Waals surface area contributed by atoms with E-state index in [0.29, 0.717) is 19.6 Å². The number of benzene rings is 1. The number of hydrogen-bond acceptors (Lipinski definition) is 2. The smallest absolute Gasteiger partial charge is 0.318 e. The molecular formula is C14H19N3O2. The van der Waals surface area contributed by atoms with Crippen LogP contribution in [0.15, 0.2) is 18.2 Å². The summed E-state index contributed by atoms with van der Waals surface area (Å²) in [5.41, 5.74) is 3.43. The van der Waals surface area contributed by atoms with Gasteiger partial charge in [-0.25, -0.2) is 4.79 Å². The summed E-state index contributed by atoms with van der Waals surface area (Å²) >= 11 is 0. The third-order valence-electron chi connectivity index (χ3n) is 3.26. The van der Waals surface area contributed by atoms with E-state index in [4.69, 9.17) is 0 Å². The van der Waals surface area contributed by atoms with Crippen LogP contribution >= 0.6 is 0 Å². The molecule has 0 bridgehead atoms. The average Bonchev–Trinajstić information content (AvgIpc) is 2.39. The van der Waals surface area contributed by atoms with Crippen molar-refractivity contribution in [3.8, 4) is 0 Å².